The number of rotatable bonds is 11. The molecule has 1 nitrogen and oxygen atoms in total. The third-order valence-corrected chi connectivity index (χ3v) is 2.49. The monoisotopic (exact) mass is 222 g/mol. The zero-order chi connectivity index (χ0) is 11.9. The van der Waals surface area contributed by atoms with Crippen LogP contribution in [0, 0.1) is 0 Å². The molecule has 16 heavy (non-hydrogen) atoms. The van der Waals surface area contributed by atoms with Gasteiger partial charge in [0, 0.05) is 6.42 Å². The molecule has 1 heteroatoms. The van der Waals surface area contributed by atoms with Gasteiger partial charge in [0.05, 0.1) is 0 Å². The van der Waals surface area contributed by atoms with Gasteiger partial charge in [0.1, 0.15) is 6.29 Å². The minimum absolute atomic E-state index is 0.699. The van der Waals surface area contributed by atoms with Crippen LogP contribution in [0.3, 0.4) is 0 Å². The van der Waals surface area contributed by atoms with Crippen molar-refractivity contribution in [2.45, 2.75) is 64.7 Å². The fraction of sp³-hybridized carbons (Fsp3) is 0.667. The molecule has 0 radical (unpaired) electrons. The molecule has 0 aromatic rings. The summed E-state index contributed by atoms with van der Waals surface area (Å²) in [5, 5.41) is 0. The molecule has 0 saturated heterocycles. The van der Waals surface area contributed by atoms with Crippen molar-refractivity contribution in [1.82, 2.24) is 0 Å². The summed E-state index contributed by atoms with van der Waals surface area (Å²) in [6.07, 6.45) is 20.2. The van der Waals surface area contributed by atoms with Crippen LogP contribution in [-0.2, 0) is 4.79 Å². The minimum atomic E-state index is 0.699. The summed E-state index contributed by atoms with van der Waals surface area (Å²) in [6.45, 7) is 2.23. The number of carbonyl (C=O) groups is 1. The van der Waals surface area contributed by atoms with Crippen LogP contribution in [0.15, 0.2) is 24.3 Å². The first-order valence-corrected chi connectivity index (χ1v) is 6.65. The Kier molecular flexibility index (Phi) is 13.4. The van der Waals surface area contributed by atoms with Crippen molar-refractivity contribution in [2.75, 3.05) is 0 Å². The van der Waals surface area contributed by atoms with Crippen LogP contribution in [0.5, 0.6) is 0 Å². The molecule has 0 aliphatic heterocycles. The highest BCUT2D eigenvalue weighted by molar-refractivity contribution is 5.48. The van der Waals surface area contributed by atoms with E-state index in [-0.39, 0.29) is 0 Å². The van der Waals surface area contributed by atoms with Crippen molar-refractivity contribution in [1.29, 1.82) is 0 Å². The van der Waals surface area contributed by atoms with E-state index in [9.17, 15) is 4.79 Å². The number of allylic oxidation sites excluding steroid dienone is 4. The van der Waals surface area contributed by atoms with Crippen LogP contribution in [0.2, 0.25) is 0 Å². The molecule has 0 heterocycles. The second kappa shape index (κ2) is 14.2. The Hall–Kier alpha value is -0.850. The topological polar surface area (TPSA) is 17.1 Å². The maximum absolute atomic E-state index is 10.1. The molecular formula is C15H26O. The summed E-state index contributed by atoms with van der Waals surface area (Å²) >= 11 is 0. The van der Waals surface area contributed by atoms with Crippen molar-refractivity contribution in [3.8, 4) is 0 Å². The lowest BCUT2D eigenvalue weighted by atomic mass is 10.1. The second-order valence-electron chi connectivity index (χ2n) is 4.11. The van der Waals surface area contributed by atoms with Gasteiger partial charge in [-0.05, 0) is 38.5 Å². The van der Waals surface area contributed by atoms with Crippen molar-refractivity contribution in [3.05, 3.63) is 24.3 Å². The van der Waals surface area contributed by atoms with E-state index in [0.717, 1.165) is 19.1 Å². The van der Waals surface area contributed by atoms with Gasteiger partial charge in [-0.2, -0.15) is 0 Å². The molecule has 0 atom stereocenters. The van der Waals surface area contributed by atoms with E-state index in [1.165, 1.54) is 38.5 Å². The minimum Gasteiger partial charge on any atom is -0.303 e. The SMILES string of the molecule is CCCC/C=C/CCC/C=C\CCCC=O. The van der Waals surface area contributed by atoms with Gasteiger partial charge in [-0.1, -0.05) is 44.1 Å². The smallest absolute Gasteiger partial charge is 0.120 e. The molecule has 0 aromatic carbocycles. The highest BCUT2D eigenvalue weighted by Gasteiger charge is 1.83. The quantitative estimate of drug-likeness (QED) is 0.278. The second-order valence-corrected chi connectivity index (χ2v) is 4.11. The number of hydrogen-bond donors (Lipinski definition) is 0. The summed E-state index contributed by atoms with van der Waals surface area (Å²) in [5.41, 5.74) is 0. The first kappa shape index (κ1) is 15.2. The fourth-order valence-electron chi connectivity index (χ4n) is 1.47. The lowest BCUT2D eigenvalue weighted by Crippen LogP contribution is -1.74. The highest BCUT2D eigenvalue weighted by Crippen LogP contribution is 2.02. The average molecular weight is 222 g/mol. The Bertz CT molecular complexity index is 192. The Labute approximate surface area is 101 Å². The van der Waals surface area contributed by atoms with Gasteiger partial charge in [0.25, 0.3) is 0 Å². The van der Waals surface area contributed by atoms with E-state index in [0.29, 0.717) is 6.42 Å². The van der Waals surface area contributed by atoms with Gasteiger partial charge in [-0.15, -0.1) is 0 Å². The molecule has 0 fully saturated rings. The van der Waals surface area contributed by atoms with E-state index < -0.39 is 0 Å². The molecule has 0 aliphatic carbocycles. The Morgan fingerprint density at radius 2 is 1.12 bits per heavy atom. The third-order valence-electron chi connectivity index (χ3n) is 2.49. The van der Waals surface area contributed by atoms with E-state index in [2.05, 4.69) is 31.2 Å². The molecule has 0 rings (SSSR count). The van der Waals surface area contributed by atoms with Crippen molar-refractivity contribution < 1.29 is 4.79 Å². The predicted octanol–water partition coefficient (Wildman–Crippen LogP) is 4.83. The van der Waals surface area contributed by atoms with Gasteiger partial charge in [-0.25, -0.2) is 0 Å². The Balaban J connectivity index is 3.13. The molecule has 0 aromatic heterocycles. The fourth-order valence-corrected chi connectivity index (χ4v) is 1.47. The van der Waals surface area contributed by atoms with Crippen molar-refractivity contribution in [3.63, 3.8) is 0 Å². The summed E-state index contributed by atoms with van der Waals surface area (Å²) in [5.74, 6) is 0. The van der Waals surface area contributed by atoms with Crippen LogP contribution in [0.1, 0.15) is 64.7 Å². The standard InChI is InChI=1S/C15H26O/c1-2-3-4-5-6-7-8-9-10-11-12-13-14-15-16/h5-6,10-11,15H,2-4,7-9,12-14H2,1H3/b6-5+,11-10-. The Morgan fingerprint density at radius 3 is 1.56 bits per heavy atom. The zero-order valence-corrected chi connectivity index (χ0v) is 10.7. The number of hydrogen-bond acceptors (Lipinski definition) is 1. The maximum atomic E-state index is 10.1. The molecule has 0 bridgehead atoms. The number of unbranched alkanes of at least 4 members (excludes halogenated alkanes) is 6. The Morgan fingerprint density at radius 1 is 0.688 bits per heavy atom. The van der Waals surface area contributed by atoms with Gasteiger partial charge in [-0.3, -0.25) is 0 Å². The van der Waals surface area contributed by atoms with Crippen LogP contribution >= 0.6 is 0 Å². The highest BCUT2D eigenvalue weighted by atomic mass is 16.1. The predicted molar refractivity (Wildman–Crippen MR) is 71.6 cm³/mol. The largest absolute Gasteiger partial charge is 0.303 e. The third kappa shape index (κ3) is 13.2. The first-order valence-electron chi connectivity index (χ1n) is 6.65. The normalized spacial score (nSPS) is 11.6. The lowest BCUT2D eigenvalue weighted by Gasteiger charge is -1.92. The van der Waals surface area contributed by atoms with E-state index in [4.69, 9.17) is 0 Å². The van der Waals surface area contributed by atoms with Crippen LogP contribution in [0.25, 0.3) is 0 Å². The van der Waals surface area contributed by atoms with Crippen LogP contribution in [-0.4, -0.2) is 6.29 Å². The molecular weight excluding hydrogens is 196 g/mol. The van der Waals surface area contributed by atoms with Gasteiger partial charge >= 0.3 is 0 Å². The van der Waals surface area contributed by atoms with Crippen LogP contribution in [0.4, 0.5) is 0 Å². The first-order chi connectivity index (χ1) is 7.91. The van der Waals surface area contributed by atoms with Gasteiger partial charge in [0.2, 0.25) is 0 Å². The molecule has 0 spiro atoms. The van der Waals surface area contributed by atoms with Crippen LogP contribution < -0.4 is 0 Å². The number of carbonyl (C=O) groups excluding carboxylic acids is 1. The van der Waals surface area contributed by atoms with Crippen molar-refractivity contribution in [2.24, 2.45) is 0 Å². The van der Waals surface area contributed by atoms with E-state index in [1.54, 1.807) is 0 Å². The van der Waals surface area contributed by atoms with Crippen molar-refractivity contribution >= 4 is 6.29 Å². The summed E-state index contributed by atoms with van der Waals surface area (Å²) in [4.78, 5) is 10.1. The molecule has 0 N–H and O–H groups in total. The molecule has 92 valence electrons. The maximum Gasteiger partial charge on any atom is 0.120 e. The zero-order valence-electron chi connectivity index (χ0n) is 10.7. The van der Waals surface area contributed by atoms with E-state index >= 15 is 0 Å². The summed E-state index contributed by atoms with van der Waals surface area (Å²) in [7, 11) is 0. The average Bonchev–Trinajstić information content (AvgIpc) is 2.31. The van der Waals surface area contributed by atoms with Gasteiger partial charge in [0.15, 0.2) is 0 Å². The van der Waals surface area contributed by atoms with E-state index in [1.807, 2.05) is 0 Å². The lowest BCUT2D eigenvalue weighted by molar-refractivity contribution is -0.107. The molecule has 0 amide bonds. The number of aldehydes is 1. The molecule has 0 unspecified atom stereocenters. The molecule has 0 saturated carbocycles. The van der Waals surface area contributed by atoms with Gasteiger partial charge < -0.3 is 4.79 Å². The summed E-state index contributed by atoms with van der Waals surface area (Å²) in [6, 6.07) is 0. The summed E-state index contributed by atoms with van der Waals surface area (Å²) < 4.78 is 0. The molecule has 0 aliphatic rings.